The number of ketones is 1. The lowest BCUT2D eigenvalue weighted by Gasteiger charge is -2.23. The molecule has 1 fully saturated rings. The first-order valence-electron chi connectivity index (χ1n) is 4.15. The highest BCUT2D eigenvalue weighted by molar-refractivity contribution is 5.90. The Balaban J connectivity index is 2.25. The second-order valence-electron chi connectivity index (χ2n) is 3.36. The molecule has 1 saturated carbocycles. The molecule has 0 radical (unpaired) electrons. The number of nitrogens with two attached hydrogens (primary N) is 1. The second kappa shape index (κ2) is 3.56. The van der Waals surface area contributed by atoms with E-state index in [9.17, 15) is 4.79 Å². The molecule has 0 aromatic carbocycles. The second-order valence-corrected chi connectivity index (χ2v) is 3.36. The van der Waals surface area contributed by atoms with Gasteiger partial charge in [-0.1, -0.05) is 19.3 Å². The van der Waals surface area contributed by atoms with Crippen molar-refractivity contribution >= 4 is 5.78 Å². The Morgan fingerprint density at radius 1 is 1.64 bits per heavy atom. The molecule has 1 aliphatic carbocycles. The van der Waals surface area contributed by atoms with Crippen LogP contribution < -0.4 is 5.73 Å². The van der Waals surface area contributed by atoms with Crippen LogP contribution >= 0.6 is 0 Å². The maximum absolute atomic E-state index is 11.1. The summed E-state index contributed by atoms with van der Waals surface area (Å²) in [7, 11) is 0. The standard InChI is InChI=1S/C9H15NO/c1-7(10)5-9(11)6-8-3-2-4-8/h5,8H,2-4,6,10H2,1H3/b7-5-. The van der Waals surface area contributed by atoms with E-state index in [2.05, 4.69) is 0 Å². The third-order valence-electron chi connectivity index (χ3n) is 2.10. The van der Waals surface area contributed by atoms with Crippen LogP contribution in [0.4, 0.5) is 0 Å². The maximum atomic E-state index is 11.1. The quantitative estimate of drug-likeness (QED) is 0.626. The Morgan fingerprint density at radius 2 is 2.27 bits per heavy atom. The third kappa shape index (κ3) is 2.74. The van der Waals surface area contributed by atoms with E-state index >= 15 is 0 Å². The molecule has 0 amide bonds. The van der Waals surface area contributed by atoms with Crippen molar-refractivity contribution in [2.24, 2.45) is 11.7 Å². The zero-order chi connectivity index (χ0) is 8.27. The van der Waals surface area contributed by atoms with Crippen LogP contribution in [0.2, 0.25) is 0 Å². The first-order chi connectivity index (χ1) is 5.18. The van der Waals surface area contributed by atoms with E-state index < -0.39 is 0 Å². The molecule has 2 heteroatoms. The van der Waals surface area contributed by atoms with Gasteiger partial charge in [0.2, 0.25) is 0 Å². The Bertz CT molecular complexity index is 176. The summed E-state index contributed by atoms with van der Waals surface area (Å²) in [6.07, 6.45) is 5.99. The minimum atomic E-state index is 0.190. The van der Waals surface area contributed by atoms with Gasteiger partial charge in [-0.15, -0.1) is 0 Å². The summed E-state index contributed by atoms with van der Waals surface area (Å²) in [5.74, 6) is 0.841. The maximum Gasteiger partial charge on any atom is 0.157 e. The monoisotopic (exact) mass is 153 g/mol. The smallest absolute Gasteiger partial charge is 0.157 e. The van der Waals surface area contributed by atoms with E-state index in [1.165, 1.54) is 19.3 Å². The fourth-order valence-electron chi connectivity index (χ4n) is 1.29. The summed E-state index contributed by atoms with van der Waals surface area (Å²) < 4.78 is 0. The van der Waals surface area contributed by atoms with Gasteiger partial charge in [-0.05, 0) is 18.9 Å². The van der Waals surface area contributed by atoms with Crippen molar-refractivity contribution in [1.29, 1.82) is 0 Å². The SMILES string of the molecule is C/C(N)=C/C(=O)CC1CCC1. The number of rotatable bonds is 3. The lowest BCUT2D eigenvalue weighted by atomic mass is 9.82. The van der Waals surface area contributed by atoms with Crippen molar-refractivity contribution in [2.75, 3.05) is 0 Å². The molecule has 2 nitrogen and oxygen atoms in total. The first kappa shape index (κ1) is 8.31. The van der Waals surface area contributed by atoms with Crippen LogP contribution in [0.5, 0.6) is 0 Å². The first-order valence-corrected chi connectivity index (χ1v) is 4.15. The zero-order valence-corrected chi connectivity index (χ0v) is 6.97. The van der Waals surface area contributed by atoms with E-state index in [-0.39, 0.29) is 5.78 Å². The largest absolute Gasteiger partial charge is 0.402 e. The Labute approximate surface area is 67.5 Å². The highest BCUT2D eigenvalue weighted by atomic mass is 16.1. The van der Waals surface area contributed by atoms with Crippen molar-refractivity contribution in [3.05, 3.63) is 11.8 Å². The number of carbonyl (C=O) groups excluding carboxylic acids is 1. The van der Waals surface area contributed by atoms with Crippen molar-refractivity contribution in [3.8, 4) is 0 Å². The van der Waals surface area contributed by atoms with E-state index in [1.807, 2.05) is 0 Å². The van der Waals surface area contributed by atoms with Gasteiger partial charge < -0.3 is 5.73 Å². The Morgan fingerprint density at radius 3 is 2.64 bits per heavy atom. The minimum absolute atomic E-state index is 0.190. The predicted octanol–water partition coefficient (Wildman–Crippen LogP) is 1.61. The number of hydrogen-bond donors (Lipinski definition) is 1. The highest BCUT2D eigenvalue weighted by Gasteiger charge is 2.19. The molecule has 0 unspecified atom stereocenters. The molecule has 62 valence electrons. The van der Waals surface area contributed by atoms with Crippen LogP contribution in [0.3, 0.4) is 0 Å². The summed E-state index contributed by atoms with van der Waals surface area (Å²) in [5, 5.41) is 0. The van der Waals surface area contributed by atoms with Crippen LogP contribution in [0.15, 0.2) is 11.8 Å². The summed E-state index contributed by atoms with van der Waals surface area (Å²) >= 11 is 0. The predicted molar refractivity (Wildman–Crippen MR) is 44.9 cm³/mol. The zero-order valence-electron chi connectivity index (χ0n) is 6.97. The van der Waals surface area contributed by atoms with Gasteiger partial charge >= 0.3 is 0 Å². The van der Waals surface area contributed by atoms with Gasteiger partial charge in [0.25, 0.3) is 0 Å². The molecule has 0 heterocycles. The minimum Gasteiger partial charge on any atom is -0.402 e. The average molecular weight is 153 g/mol. The molecule has 2 N–H and O–H groups in total. The van der Waals surface area contributed by atoms with Gasteiger partial charge in [0, 0.05) is 12.1 Å². The van der Waals surface area contributed by atoms with Crippen LogP contribution in [-0.2, 0) is 4.79 Å². The third-order valence-corrected chi connectivity index (χ3v) is 2.10. The van der Waals surface area contributed by atoms with Gasteiger partial charge in [0.15, 0.2) is 5.78 Å². The van der Waals surface area contributed by atoms with E-state index in [0.29, 0.717) is 18.0 Å². The molecule has 0 aromatic heterocycles. The van der Waals surface area contributed by atoms with Crippen LogP contribution in [0.1, 0.15) is 32.6 Å². The number of hydrogen-bond acceptors (Lipinski definition) is 2. The molecular weight excluding hydrogens is 138 g/mol. The average Bonchev–Trinajstić information content (AvgIpc) is 1.77. The van der Waals surface area contributed by atoms with Crippen molar-refractivity contribution in [1.82, 2.24) is 0 Å². The molecule has 0 spiro atoms. The van der Waals surface area contributed by atoms with Gasteiger partial charge in [0.05, 0.1) is 0 Å². The van der Waals surface area contributed by atoms with Gasteiger partial charge in [-0.3, -0.25) is 4.79 Å². The van der Waals surface area contributed by atoms with E-state index in [4.69, 9.17) is 5.73 Å². The molecule has 1 aliphatic rings. The topological polar surface area (TPSA) is 43.1 Å². The van der Waals surface area contributed by atoms with Gasteiger partial charge in [-0.2, -0.15) is 0 Å². The Hall–Kier alpha value is -0.790. The summed E-state index contributed by atoms with van der Waals surface area (Å²) in [4.78, 5) is 11.1. The lowest BCUT2D eigenvalue weighted by molar-refractivity contribution is -0.116. The normalized spacial score (nSPS) is 19.5. The lowest BCUT2D eigenvalue weighted by Crippen LogP contribution is -2.15. The van der Waals surface area contributed by atoms with Crippen molar-refractivity contribution in [3.63, 3.8) is 0 Å². The van der Waals surface area contributed by atoms with Crippen molar-refractivity contribution in [2.45, 2.75) is 32.6 Å². The molecule has 0 aromatic rings. The van der Waals surface area contributed by atoms with Crippen molar-refractivity contribution < 1.29 is 4.79 Å². The molecule has 0 aliphatic heterocycles. The molecule has 0 atom stereocenters. The summed E-state index contributed by atoms with van der Waals surface area (Å²) in [6.45, 7) is 1.75. The van der Waals surface area contributed by atoms with Crippen LogP contribution in [0.25, 0.3) is 0 Å². The van der Waals surface area contributed by atoms with E-state index in [1.54, 1.807) is 13.0 Å². The fourth-order valence-corrected chi connectivity index (χ4v) is 1.29. The highest BCUT2D eigenvalue weighted by Crippen LogP contribution is 2.29. The number of allylic oxidation sites excluding steroid dienone is 2. The van der Waals surface area contributed by atoms with Gasteiger partial charge in [-0.25, -0.2) is 0 Å². The molecule has 0 bridgehead atoms. The summed E-state index contributed by atoms with van der Waals surface area (Å²) in [6, 6.07) is 0. The van der Waals surface area contributed by atoms with E-state index in [0.717, 1.165) is 0 Å². The molecule has 0 saturated heterocycles. The fraction of sp³-hybridized carbons (Fsp3) is 0.667. The summed E-state index contributed by atoms with van der Waals surface area (Å²) in [5.41, 5.74) is 5.99. The molecule has 11 heavy (non-hydrogen) atoms. The molecule has 1 rings (SSSR count). The van der Waals surface area contributed by atoms with Crippen LogP contribution in [-0.4, -0.2) is 5.78 Å². The molecular formula is C9H15NO. The van der Waals surface area contributed by atoms with Crippen LogP contribution in [0, 0.1) is 5.92 Å². The number of carbonyl (C=O) groups is 1. The van der Waals surface area contributed by atoms with Gasteiger partial charge in [0.1, 0.15) is 0 Å². The Kier molecular flexibility index (Phi) is 2.69.